The number of carbonyl (C=O) groups excluding carboxylic acids is 3. The van der Waals surface area contributed by atoms with E-state index in [0.717, 1.165) is 0 Å². The Labute approximate surface area is 220 Å². The lowest BCUT2D eigenvalue weighted by molar-refractivity contribution is -0.153. The van der Waals surface area contributed by atoms with Crippen molar-refractivity contribution in [2.24, 2.45) is 0 Å². The second kappa shape index (κ2) is 10.7. The van der Waals surface area contributed by atoms with Crippen molar-refractivity contribution in [3.05, 3.63) is 78.6 Å². The Bertz CT molecular complexity index is 1500. The van der Waals surface area contributed by atoms with Crippen LogP contribution in [0.3, 0.4) is 0 Å². The second-order valence-electron chi connectivity index (χ2n) is 8.44. The number of ether oxygens (including phenoxy) is 3. The van der Waals surface area contributed by atoms with Gasteiger partial charge in [-0.1, -0.05) is 11.2 Å². The van der Waals surface area contributed by atoms with E-state index in [4.69, 9.17) is 18.7 Å². The number of aromatic nitrogens is 2. The van der Waals surface area contributed by atoms with Crippen molar-refractivity contribution in [2.45, 2.75) is 12.0 Å². The summed E-state index contributed by atoms with van der Waals surface area (Å²) in [6, 6.07) is 18.1. The molecule has 1 fully saturated rings. The third-order valence-electron chi connectivity index (χ3n) is 5.81. The average Bonchev–Trinajstić information content (AvgIpc) is 3.42. The minimum Gasteiger partial charge on any atom is -0.467 e. The SMILES string of the molecule is COCCC1(Oc2ccc(Oc3ccc(-c4noc(-c5cccc(F)c5)n4)cc3)cc2)C(=O)NC(=O)NC1=O. The monoisotopic (exact) mass is 532 g/mol. The highest BCUT2D eigenvalue weighted by Gasteiger charge is 2.52. The molecule has 11 nitrogen and oxygen atoms in total. The first-order valence-corrected chi connectivity index (χ1v) is 11.7. The topological polar surface area (TPSA) is 142 Å². The molecular weight excluding hydrogens is 511 g/mol. The van der Waals surface area contributed by atoms with E-state index in [1.807, 2.05) is 0 Å². The first-order chi connectivity index (χ1) is 18.9. The molecule has 0 radical (unpaired) electrons. The van der Waals surface area contributed by atoms with Crippen LogP contribution in [-0.2, 0) is 14.3 Å². The minimum absolute atomic E-state index is 0.0438. The Morgan fingerprint density at radius 3 is 2.15 bits per heavy atom. The number of methoxy groups -OCH3 is 1. The number of carbonyl (C=O) groups is 3. The lowest BCUT2D eigenvalue weighted by atomic mass is 9.95. The van der Waals surface area contributed by atoms with Crippen LogP contribution >= 0.6 is 0 Å². The maximum absolute atomic E-state index is 13.5. The van der Waals surface area contributed by atoms with Gasteiger partial charge in [0.05, 0.1) is 6.61 Å². The third kappa shape index (κ3) is 5.45. The lowest BCUT2D eigenvalue weighted by Gasteiger charge is -2.34. The van der Waals surface area contributed by atoms with Gasteiger partial charge in [-0.25, -0.2) is 9.18 Å². The summed E-state index contributed by atoms with van der Waals surface area (Å²) in [5.41, 5.74) is -0.823. The smallest absolute Gasteiger partial charge is 0.328 e. The molecule has 0 bridgehead atoms. The van der Waals surface area contributed by atoms with Crippen molar-refractivity contribution in [1.82, 2.24) is 20.8 Å². The van der Waals surface area contributed by atoms with Crippen LogP contribution in [0.4, 0.5) is 9.18 Å². The molecule has 1 aliphatic rings. The van der Waals surface area contributed by atoms with E-state index in [9.17, 15) is 18.8 Å². The van der Waals surface area contributed by atoms with Crippen molar-refractivity contribution < 1.29 is 37.5 Å². The molecule has 2 heterocycles. The molecule has 4 aromatic rings. The van der Waals surface area contributed by atoms with Crippen LogP contribution < -0.4 is 20.1 Å². The molecule has 0 atom stereocenters. The van der Waals surface area contributed by atoms with Crippen molar-refractivity contribution in [1.29, 1.82) is 0 Å². The highest BCUT2D eigenvalue weighted by atomic mass is 19.1. The van der Waals surface area contributed by atoms with Crippen LogP contribution in [0.1, 0.15) is 6.42 Å². The van der Waals surface area contributed by atoms with Crippen molar-refractivity contribution in [3.8, 4) is 40.1 Å². The Balaban J connectivity index is 1.26. The maximum Gasteiger partial charge on any atom is 0.328 e. The summed E-state index contributed by atoms with van der Waals surface area (Å²) in [6.07, 6.45) is -0.108. The molecule has 0 spiro atoms. The molecule has 1 saturated heterocycles. The minimum atomic E-state index is -1.97. The Kier molecular flexibility index (Phi) is 7.02. The summed E-state index contributed by atoms with van der Waals surface area (Å²) in [6.45, 7) is 0.0438. The van der Waals surface area contributed by atoms with Crippen LogP contribution in [0.2, 0.25) is 0 Å². The normalized spacial score (nSPS) is 14.5. The molecule has 1 aliphatic heterocycles. The molecule has 5 rings (SSSR count). The van der Waals surface area contributed by atoms with E-state index in [2.05, 4.69) is 20.8 Å². The number of halogens is 1. The van der Waals surface area contributed by atoms with E-state index >= 15 is 0 Å². The van der Waals surface area contributed by atoms with Crippen LogP contribution in [0.25, 0.3) is 22.8 Å². The molecule has 12 heteroatoms. The van der Waals surface area contributed by atoms with Gasteiger partial charge in [-0.2, -0.15) is 4.98 Å². The number of nitrogens with zero attached hydrogens (tertiary/aromatic N) is 2. The molecule has 39 heavy (non-hydrogen) atoms. The molecule has 198 valence electrons. The first-order valence-electron chi connectivity index (χ1n) is 11.7. The largest absolute Gasteiger partial charge is 0.467 e. The van der Waals surface area contributed by atoms with Gasteiger partial charge in [-0.3, -0.25) is 20.2 Å². The van der Waals surface area contributed by atoms with E-state index in [0.29, 0.717) is 28.5 Å². The van der Waals surface area contributed by atoms with Gasteiger partial charge in [-0.05, 0) is 66.7 Å². The maximum atomic E-state index is 13.5. The molecule has 0 aliphatic carbocycles. The van der Waals surface area contributed by atoms with E-state index in [-0.39, 0.29) is 24.7 Å². The summed E-state index contributed by atoms with van der Waals surface area (Å²) < 4.78 is 35.4. The number of urea groups is 1. The Morgan fingerprint density at radius 2 is 1.51 bits per heavy atom. The van der Waals surface area contributed by atoms with E-state index < -0.39 is 29.3 Å². The number of imide groups is 2. The van der Waals surface area contributed by atoms with Gasteiger partial charge in [0.25, 0.3) is 23.3 Å². The zero-order valence-corrected chi connectivity index (χ0v) is 20.5. The van der Waals surface area contributed by atoms with Crippen LogP contribution in [0.5, 0.6) is 17.2 Å². The average molecular weight is 532 g/mol. The second-order valence-corrected chi connectivity index (χ2v) is 8.44. The molecule has 0 saturated carbocycles. The summed E-state index contributed by atoms with van der Waals surface area (Å²) in [4.78, 5) is 40.9. The van der Waals surface area contributed by atoms with Gasteiger partial charge in [-0.15, -0.1) is 0 Å². The fourth-order valence-electron chi connectivity index (χ4n) is 3.82. The van der Waals surface area contributed by atoms with Crippen LogP contribution in [-0.4, -0.2) is 47.3 Å². The molecule has 1 aromatic heterocycles. The standard InChI is InChI=1S/C27H21FN4O7/c1-36-14-13-27(24(33)30-26(35)31-25(27)34)38-21-11-9-20(10-12-21)37-19-7-5-16(6-8-19)22-29-23(39-32-22)17-3-2-4-18(28)15-17/h2-12,15H,13-14H2,1H3,(H2,30,31,33,34,35). The van der Waals surface area contributed by atoms with Crippen LogP contribution in [0, 0.1) is 5.82 Å². The fourth-order valence-corrected chi connectivity index (χ4v) is 3.82. The Hall–Kier alpha value is -5.10. The summed E-state index contributed by atoms with van der Waals surface area (Å²) >= 11 is 0. The van der Waals surface area contributed by atoms with Gasteiger partial charge in [0.15, 0.2) is 0 Å². The number of benzene rings is 3. The predicted octanol–water partition coefficient (Wildman–Crippen LogP) is 3.86. The van der Waals surface area contributed by atoms with E-state index in [1.165, 1.54) is 31.4 Å². The van der Waals surface area contributed by atoms with Gasteiger partial charge >= 0.3 is 6.03 Å². The van der Waals surface area contributed by atoms with Gasteiger partial charge < -0.3 is 18.7 Å². The van der Waals surface area contributed by atoms with Gasteiger partial charge in [0.2, 0.25) is 5.82 Å². The highest BCUT2D eigenvalue weighted by Crippen LogP contribution is 2.30. The quantitative estimate of drug-likeness (QED) is 0.307. The number of hydrogen-bond acceptors (Lipinski definition) is 9. The fraction of sp³-hybridized carbons (Fsp3) is 0.148. The molecule has 2 N–H and O–H groups in total. The molecule has 3 aromatic carbocycles. The third-order valence-corrected chi connectivity index (χ3v) is 5.81. The van der Waals surface area contributed by atoms with Crippen LogP contribution in [0.15, 0.2) is 77.3 Å². The number of nitrogens with one attached hydrogen (secondary N) is 2. The number of hydrogen-bond donors (Lipinski definition) is 2. The van der Waals surface area contributed by atoms with Gasteiger partial charge in [0.1, 0.15) is 23.1 Å². The number of barbiturate groups is 1. The predicted molar refractivity (Wildman–Crippen MR) is 133 cm³/mol. The summed E-state index contributed by atoms with van der Waals surface area (Å²) in [5.74, 6) is -0.436. The molecule has 4 amide bonds. The van der Waals surface area contributed by atoms with Crippen molar-refractivity contribution in [3.63, 3.8) is 0 Å². The molecular formula is C27H21FN4O7. The first kappa shape index (κ1) is 25.5. The van der Waals surface area contributed by atoms with Crippen molar-refractivity contribution in [2.75, 3.05) is 13.7 Å². The van der Waals surface area contributed by atoms with Crippen molar-refractivity contribution >= 4 is 17.8 Å². The van der Waals surface area contributed by atoms with Gasteiger partial charge in [0, 0.05) is 24.7 Å². The van der Waals surface area contributed by atoms with E-state index in [1.54, 1.807) is 48.5 Å². The lowest BCUT2D eigenvalue weighted by Crippen LogP contribution is -2.69. The summed E-state index contributed by atoms with van der Waals surface area (Å²) in [5, 5.41) is 8.07. The molecule has 0 unspecified atom stereocenters. The number of amides is 4. The number of rotatable bonds is 9. The zero-order valence-electron chi connectivity index (χ0n) is 20.5. The zero-order chi connectivity index (χ0) is 27.4. The Morgan fingerprint density at radius 1 is 0.872 bits per heavy atom. The summed E-state index contributed by atoms with van der Waals surface area (Å²) in [7, 11) is 1.42. The highest BCUT2D eigenvalue weighted by molar-refractivity contribution is 6.21.